The van der Waals surface area contributed by atoms with Crippen molar-refractivity contribution >= 4 is 23.7 Å². The Hall–Kier alpha value is -3.52. The molecule has 8 nitrogen and oxygen atoms in total. The molecule has 1 saturated heterocycles. The molecule has 3 rings (SSSR count). The lowest BCUT2D eigenvalue weighted by atomic mass is 10.2. The van der Waals surface area contributed by atoms with Gasteiger partial charge >= 0.3 is 11.9 Å². The molecule has 0 radical (unpaired) electrons. The quantitative estimate of drug-likeness (QED) is 0.231. The molecule has 8 heteroatoms. The molecule has 0 saturated carbocycles. The zero-order valence-electron chi connectivity index (χ0n) is 15.5. The van der Waals surface area contributed by atoms with Crippen LogP contribution in [0.5, 0.6) is 5.75 Å². The smallest absolute Gasteiger partial charge is 0.338 e. The SMILES string of the molecule is O=C(/C=C/c1cccc([N+](=O)[O-])c1)Oc1ccc(C(=O)OCC2CCCO2)cc1. The Bertz CT molecular complexity index is 915. The highest BCUT2D eigenvalue weighted by atomic mass is 16.6. The van der Waals surface area contributed by atoms with Crippen molar-refractivity contribution in [2.45, 2.75) is 18.9 Å². The molecule has 0 bridgehead atoms. The average molecular weight is 397 g/mol. The molecule has 1 unspecified atom stereocenters. The first kappa shape index (κ1) is 20.2. The van der Waals surface area contributed by atoms with E-state index in [4.69, 9.17) is 14.2 Å². The first-order valence-corrected chi connectivity index (χ1v) is 9.04. The molecule has 0 aliphatic carbocycles. The Balaban J connectivity index is 1.52. The first-order valence-electron chi connectivity index (χ1n) is 9.04. The fraction of sp³-hybridized carbons (Fsp3) is 0.238. The summed E-state index contributed by atoms with van der Waals surface area (Å²) in [6.07, 6.45) is 4.40. The van der Waals surface area contributed by atoms with E-state index in [2.05, 4.69) is 0 Å². The van der Waals surface area contributed by atoms with Crippen LogP contribution in [0.4, 0.5) is 5.69 Å². The number of hydrogen-bond donors (Lipinski definition) is 0. The highest BCUT2D eigenvalue weighted by Crippen LogP contribution is 2.17. The third-order valence-electron chi connectivity index (χ3n) is 4.23. The second-order valence-electron chi connectivity index (χ2n) is 6.36. The summed E-state index contributed by atoms with van der Waals surface area (Å²) in [5.74, 6) is -0.858. The molecule has 1 aliphatic rings. The van der Waals surface area contributed by atoms with E-state index < -0.39 is 16.9 Å². The summed E-state index contributed by atoms with van der Waals surface area (Å²) >= 11 is 0. The van der Waals surface area contributed by atoms with Gasteiger partial charge in [0, 0.05) is 24.8 Å². The molecule has 2 aromatic rings. The van der Waals surface area contributed by atoms with Crippen LogP contribution in [0.15, 0.2) is 54.6 Å². The summed E-state index contributed by atoms with van der Waals surface area (Å²) in [4.78, 5) is 34.2. The van der Waals surface area contributed by atoms with E-state index in [9.17, 15) is 19.7 Å². The monoisotopic (exact) mass is 397 g/mol. The summed E-state index contributed by atoms with van der Waals surface area (Å²) < 4.78 is 15.8. The molecule has 0 amide bonds. The lowest BCUT2D eigenvalue weighted by molar-refractivity contribution is -0.384. The second kappa shape index (κ2) is 9.61. The number of benzene rings is 2. The minimum absolute atomic E-state index is 0.0444. The topological polar surface area (TPSA) is 105 Å². The van der Waals surface area contributed by atoms with E-state index in [0.29, 0.717) is 17.7 Å². The van der Waals surface area contributed by atoms with Crippen molar-refractivity contribution in [1.82, 2.24) is 0 Å². The Morgan fingerprint density at radius 1 is 1.21 bits per heavy atom. The van der Waals surface area contributed by atoms with Crippen molar-refractivity contribution in [2.24, 2.45) is 0 Å². The van der Waals surface area contributed by atoms with E-state index in [1.807, 2.05) is 0 Å². The maximum Gasteiger partial charge on any atom is 0.338 e. The van der Waals surface area contributed by atoms with Crippen LogP contribution in [0.25, 0.3) is 6.08 Å². The van der Waals surface area contributed by atoms with Gasteiger partial charge < -0.3 is 14.2 Å². The Kier molecular flexibility index (Phi) is 6.70. The van der Waals surface area contributed by atoms with Crippen molar-refractivity contribution in [1.29, 1.82) is 0 Å². The standard InChI is InChI=1S/C21H19NO7/c23-20(11-6-15-3-1-4-17(13-15)22(25)26)29-18-9-7-16(8-10-18)21(24)28-14-19-5-2-12-27-19/h1,3-4,6-11,13,19H,2,5,12,14H2/b11-6+. The van der Waals surface area contributed by atoms with Crippen molar-refractivity contribution < 1.29 is 28.7 Å². The zero-order valence-corrected chi connectivity index (χ0v) is 15.5. The van der Waals surface area contributed by atoms with Crippen LogP contribution in [0.3, 0.4) is 0 Å². The molecule has 0 spiro atoms. The van der Waals surface area contributed by atoms with E-state index in [0.717, 1.165) is 12.8 Å². The molecule has 1 aliphatic heterocycles. The van der Waals surface area contributed by atoms with Gasteiger partial charge in [-0.1, -0.05) is 12.1 Å². The number of nitrogens with zero attached hydrogens (tertiary/aromatic N) is 1. The molecule has 29 heavy (non-hydrogen) atoms. The van der Waals surface area contributed by atoms with Gasteiger partial charge in [0.15, 0.2) is 0 Å². The van der Waals surface area contributed by atoms with Gasteiger partial charge in [-0.25, -0.2) is 9.59 Å². The Morgan fingerprint density at radius 3 is 2.69 bits per heavy atom. The number of nitro benzene ring substituents is 1. The fourth-order valence-electron chi connectivity index (χ4n) is 2.74. The largest absolute Gasteiger partial charge is 0.459 e. The van der Waals surface area contributed by atoms with E-state index in [-0.39, 0.29) is 24.1 Å². The Labute approximate surface area is 166 Å². The molecule has 0 N–H and O–H groups in total. The van der Waals surface area contributed by atoms with Gasteiger partial charge in [0.25, 0.3) is 5.69 Å². The number of non-ortho nitro benzene ring substituents is 1. The summed E-state index contributed by atoms with van der Waals surface area (Å²) in [6, 6.07) is 11.9. The zero-order chi connectivity index (χ0) is 20.6. The van der Waals surface area contributed by atoms with Crippen molar-refractivity contribution in [3.8, 4) is 5.75 Å². The van der Waals surface area contributed by atoms with Gasteiger partial charge in [0.05, 0.1) is 16.6 Å². The van der Waals surface area contributed by atoms with Gasteiger partial charge in [0.1, 0.15) is 12.4 Å². The lowest BCUT2D eigenvalue weighted by Gasteiger charge is -2.10. The fourth-order valence-corrected chi connectivity index (χ4v) is 2.74. The number of hydrogen-bond acceptors (Lipinski definition) is 7. The molecule has 0 aromatic heterocycles. The highest BCUT2D eigenvalue weighted by Gasteiger charge is 2.18. The van der Waals surface area contributed by atoms with E-state index in [1.165, 1.54) is 54.6 Å². The number of carbonyl (C=O) groups is 2. The van der Waals surface area contributed by atoms with Crippen LogP contribution >= 0.6 is 0 Å². The minimum Gasteiger partial charge on any atom is -0.459 e. The summed E-state index contributed by atoms with van der Waals surface area (Å²) in [5.41, 5.74) is 0.776. The van der Waals surface area contributed by atoms with Crippen LogP contribution in [0.1, 0.15) is 28.8 Å². The normalized spacial score (nSPS) is 15.9. The lowest BCUT2D eigenvalue weighted by Crippen LogP contribution is -2.17. The van der Waals surface area contributed by atoms with Crippen LogP contribution in [-0.4, -0.2) is 36.2 Å². The number of ether oxygens (including phenoxy) is 3. The highest BCUT2D eigenvalue weighted by molar-refractivity contribution is 5.90. The van der Waals surface area contributed by atoms with Gasteiger partial charge in [-0.15, -0.1) is 0 Å². The third-order valence-corrected chi connectivity index (χ3v) is 4.23. The molecule has 1 atom stereocenters. The van der Waals surface area contributed by atoms with Gasteiger partial charge in [0.2, 0.25) is 0 Å². The summed E-state index contributed by atoms with van der Waals surface area (Å²) in [7, 11) is 0. The van der Waals surface area contributed by atoms with E-state index in [1.54, 1.807) is 6.07 Å². The predicted molar refractivity (Wildman–Crippen MR) is 103 cm³/mol. The van der Waals surface area contributed by atoms with Gasteiger partial charge in [-0.3, -0.25) is 10.1 Å². The molecule has 1 heterocycles. The maximum atomic E-state index is 12.0. The number of carbonyl (C=O) groups excluding carboxylic acids is 2. The summed E-state index contributed by atoms with van der Waals surface area (Å²) in [6.45, 7) is 0.913. The number of rotatable bonds is 7. The number of esters is 2. The van der Waals surface area contributed by atoms with Gasteiger partial charge in [-0.05, 0) is 48.7 Å². The molecule has 1 fully saturated rings. The number of nitro groups is 1. The Morgan fingerprint density at radius 2 is 2.00 bits per heavy atom. The maximum absolute atomic E-state index is 12.0. The van der Waals surface area contributed by atoms with Crippen LogP contribution < -0.4 is 4.74 Å². The van der Waals surface area contributed by atoms with Crippen molar-refractivity contribution in [2.75, 3.05) is 13.2 Å². The predicted octanol–water partition coefficient (Wildman–Crippen LogP) is 3.55. The summed E-state index contributed by atoms with van der Waals surface area (Å²) in [5, 5.41) is 10.8. The minimum atomic E-state index is -0.648. The molecule has 150 valence electrons. The molecular weight excluding hydrogens is 378 g/mol. The first-order chi connectivity index (χ1) is 14.0. The third kappa shape index (κ3) is 5.98. The van der Waals surface area contributed by atoms with Crippen LogP contribution in [0.2, 0.25) is 0 Å². The van der Waals surface area contributed by atoms with Gasteiger partial charge in [-0.2, -0.15) is 0 Å². The average Bonchev–Trinajstić information content (AvgIpc) is 3.25. The van der Waals surface area contributed by atoms with Crippen molar-refractivity contribution in [3.05, 3.63) is 75.8 Å². The van der Waals surface area contributed by atoms with Crippen LogP contribution in [-0.2, 0) is 14.3 Å². The van der Waals surface area contributed by atoms with Crippen LogP contribution in [0, 0.1) is 10.1 Å². The van der Waals surface area contributed by atoms with Crippen molar-refractivity contribution in [3.63, 3.8) is 0 Å². The van der Waals surface area contributed by atoms with E-state index >= 15 is 0 Å². The molecule has 2 aromatic carbocycles. The molecular formula is C21H19NO7. The second-order valence-corrected chi connectivity index (χ2v) is 6.36.